The van der Waals surface area contributed by atoms with E-state index in [0.717, 1.165) is 16.7 Å². The number of rotatable bonds is 5. The minimum Gasteiger partial charge on any atom is -0.466 e. The van der Waals surface area contributed by atoms with Crippen LogP contribution in [0.1, 0.15) is 13.3 Å². The molecule has 5 heteroatoms. The number of benzene rings is 1. The summed E-state index contributed by atoms with van der Waals surface area (Å²) in [6.45, 7) is 2.42. The minimum atomic E-state index is -0.294. The van der Waals surface area contributed by atoms with Gasteiger partial charge in [0.1, 0.15) is 0 Å². The van der Waals surface area contributed by atoms with Crippen LogP contribution in [0, 0.1) is 0 Å². The van der Waals surface area contributed by atoms with Crippen LogP contribution >= 0.6 is 11.8 Å². The number of amides is 1. The first-order chi connectivity index (χ1) is 8.22. The van der Waals surface area contributed by atoms with Crippen LogP contribution in [0.2, 0.25) is 0 Å². The Kier molecular flexibility index (Phi) is 6.17. The highest BCUT2D eigenvalue weighted by Crippen LogP contribution is 2.17. The smallest absolute Gasteiger partial charge is 0.307 e. The molecule has 0 aromatic heterocycles. The molecule has 0 radical (unpaired) electrons. The number of carbonyl (C=O) groups excluding carboxylic acids is 2. The van der Waals surface area contributed by atoms with Crippen LogP contribution in [-0.2, 0) is 9.53 Å². The fourth-order valence-corrected chi connectivity index (χ4v) is 1.81. The van der Waals surface area contributed by atoms with Crippen LogP contribution < -0.4 is 5.32 Å². The largest absolute Gasteiger partial charge is 0.466 e. The zero-order valence-corrected chi connectivity index (χ0v) is 10.5. The molecule has 1 amide bonds. The van der Waals surface area contributed by atoms with Crippen LogP contribution in [0.5, 0.6) is 0 Å². The highest BCUT2D eigenvalue weighted by atomic mass is 32.2. The van der Waals surface area contributed by atoms with Gasteiger partial charge < -0.3 is 10.1 Å². The number of nitrogens with one attached hydrogen (secondary N) is 1. The van der Waals surface area contributed by atoms with Gasteiger partial charge in [0.05, 0.1) is 13.0 Å². The molecule has 0 fully saturated rings. The van der Waals surface area contributed by atoms with Gasteiger partial charge in [-0.1, -0.05) is 18.2 Å². The van der Waals surface area contributed by atoms with E-state index in [4.69, 9.17) is 4.74 Å². The summed E-state index contributed by atoms with van der Waals surface area (Å²) in [6.07, 6.45) is 0.203. The molecule has 1 rings (SSSR count). The summed E-state index contributed by atoms with van der Waals surface area (Å²) >= 11 is 1.11. The van der Waals surface area contributed by atoms with E-state index < -0.39 is 0 Å². The van der Waals surface area contributed by atoms with Gasteiger partial charge in [0.25, 0.3) is 5.24 Å². The quantitative estimate of drug-likeness (QED) is 0.647. The Hall–Kier alpha value is -1.49. The molecular weight excluding hydrogens is 238 g/mol. The molecule has 0 aliphatic rings. The second kappa shape index (κ2) is 7.73. The molecule has 0 aliphatic carbocycles. The van der Waals surface area contributed by atoms with Crippen molar-refractivity contribution in [3.05, 3.63) is 30.3 Å². The molecule has 0 unspecified atom stereocenters. The molecule has 1 aromatic carbocycles. The average Bonchev–Trinajstić information content (AvgIpc) is 2.30. The van der Waals surface area contributed by atoms with Gasteiger partial charge in [-0.3, -0.25) is 9.59 Å². The van der Waals surface area contributed by atoms with Crippen molar-refractivity contribution >= 4 is 23.0 Å². The van der Waals surface area contributed by atoms with Crippen molar-refractivity contribution in [2.24, 2.45) is 0 Å². The van der Waals surface area contributed by atoms with Crippen LogP contribution in [0.3, 0.4) is 0 Å². The Bertz CT molecular complexity index is 367. The van der Waals surface area contributed by atoms with Crippen molar-refractivity contribution in [3.63, 3.8) is 0 Å². The second-order valence-electron chi connectivity index (χ2n) is 3.18. The lowest BCUT2D eigenvalue weighted by Crippen LogP contribution is -2.22. The lowest BCUT2D eigenvalue weighted by molar-refractivity contribution is -0.142. The van der Waals surface area contributed by atoms with Gasteiger partial charge in [-0.15, -0.1) is 0 Å². The van der Waals surface area contributed by atoms with Crippen LogP contribution in [0.15, 0.2) is 35.2 Å². The number of hydrogen-bond donors (Lipinski definition) is 1. The van der Waals surface area contributed by atoms with Crippen molar-refractivity contribution in [2.45, 2.75) is 18.2 Å². The summed E-state index contributed by atoms with van der Waals surface area (Å²) in [5.41, 5.74) is 0. The van der Waals surface area contributed by atoms with Crippen molar-refractivity contribution < 1.29 is 14.3 Å². The van der Waals surface area contributed by atoms with E-state index in [1.807, 2.05) is 30.3 Å². The van der Waals surface area contributed by atoms with Gasteiger partial charge in [-0.25, -0.2) is 0 Å². The molecular formula is C12H15NO3S. The van der Waals surface area contributed by atoms with Gasteiger partial charge in [0.15, 0.2) is 0 Å². The number of hydrogen-bond acceptors (Lipinski definition) is 4. The summed E-state index contributed by atoms with van der Waals surface area (Å²) in [6, 6.07) is 9.34. The molecule has 0 aliphatic heterocycles. The molecule has 0 bridgehead atoms. The predicted octanol–water partition coefficient (Wildman–Crippen LogP) is 2.44. The lowest BCUT2D eigenvalue weighted by atomic mass is 10.4. The molecule has 0 spiro atoms. The second-order valence-corrected chi connectivity index (χ2v) is 4.23. The third-order valence-electron chi connectivity index (χ3n) is 1.86. The summed E-state index contributed by atoms with van der Waals surface area (Å²) in [4.78, 5) is 23.3. The van der Waals surface area contributed by atoms with Crippen molar-refractivity contribution in [3.8, 4) is 0 Å². The van der Waals surface area contributed by atoms with Crippen molar-refractivity contribution in [2.75, 3.05) is 13.2 Å². The average molecular weight is 253 g/mol. The molecule has 0 atom stereocenters. The highest BCUT2D eigenvalue weighted by molar-refractivity contribution is 8.13. The van der Waals surface area contributed by atoms with Crippen LogP contribution in [0.4, 0.5) is 4.79 Å². The Balaban J connectivity index is 2.20. The molecule has 4 nitrogen and oxygen atoms in total. The molecule has 0 saturated carbocycles. The molecule has 1 N–H and O–H groups in total. The summed E-state index contributed by atoms with van der Waals surface area (Å²) in [5, 5.41) is 2.48. The van der Waals surface area contributed by atoms with E-state index in [9.17, 15) is 9.59 Å². The predicted molar refractivity (Wildman–Crippen MR) is 66.9 cm³/mol. The number of carbonyl (C=O) groups is 2. The minimum absolute atomic E-state index is 0.166. The third kappa shape index (κ3) is 5.97. The Labute approximate surface area is 105 Å². The van der Waals surface area contributed by atoms with Crippen LogP contribution in [0.25, 0.3) is 0 Å². The highest BCUT2D eigenvalue weighted by Gasteiger charge is 2.05. The first-order valence-corrected chi connectivity index (χ1v) is 6.20. The molecule has 0 heterocycles. The fourth-order valence-electron chi connectivity index (χ4n) is 1.13. The summed E-state index contributed by atoms with van der Waals surface area (Å²) in [5.74, 6) is -0.294. The van der Waals surface area contributed by atoms with Gasteiger partial charge in [-0.05, 0) is 30.8 Å². The summed E-state index contributed by atoms with van der Waals surface area (Å²) < 4.78 is 4.74. The lowest BCUT2D eigenvalue weighted by Gasteiger charge is -2.04. The molecule has 92 valence electrons. The maximum Gasteiger partial charge on any atom is 0.307 e. The molecule has 17 heavy (non-hydrogen) atoms. The number of ether oxygens (including phenoxy) is 1. The third-order valence-corrected chi connectivity index (χ3v) is 2.70. The van der Waals surface area contributed by atoms with Gasteiger partial charge >= 0.3 is 5.97 Å². The van der Waals surface area contributed by atoms with E-state index in [1.54, 1.807) is 6.92 Å². The van der Waals surface area contributed by atoms with E-state index in [-0.39, 0.29) is 17.6 Å². The SMILES string of the molecule is CCOC(=O)CCNC(=O)Sc1ccccc1. The standard InChI is InChI=1S/C12H15NO3S/c1-2-16-11(14)8-9-13-12(15)17-10-6-4-3-5-7-10/h3-7H,2,8-9H2,1H3,(H,13,15). The fraction of sp³-hybridized carbons (Fsp3) is 0.333. The number of esters is 1. The summed E-state index contributed by atoms with van der Waals surface area (Å²) in [7, 11) is 0. The van der Waals surface area contributed by atoms with E-state index in [2.05, 4.69) is 5.32 Å². The Morgan fingerprint density at radius 3 is 2.65 bits per heavy atom. The maximum atomic E-state index is 11.5. The topological polar surface area (TPSA) is 55.4 Å². The van der Waals surface area contributed by atoms with E-state index in [0.29, 0.717) is 13.2 Å². The van der Waals surface area contributed by atoms with Crippen molar-refractivity contribution in [1.82, 2.24) is 5.32 Å². The first kappa shape index (κ1) is 13.6. The van der Waals surface area contributed by atoms with Crippen LogP contribution in [-0.4, -0.2) is 24.4 Å². The monoisotopic (exact) mass is 253 g/mol. The molecule has 1 aromatic rings. The maximum absolute atomic E-state index is 11.5. The van der Waals surface area contributed by atoms with Gasteiger partial charge in [0.2, 0.25) is 0 Å². The zero-order valence-electron chi connectivity index (χ0n) is 9.64. The van der Waals surface area contributed by atoms with Gasteiger partial charge in [0, 0.05) is 11.4 Å². The Morgan fingerprint density at radius 2 is 2.00 bits per heavy atom. The normalized spacial score (nSPS) is 9.71. The first-order valence-electron chi connectivity index (χ1n) is 5.38. The Morgan fingerprint density at radius 1 is 1.29 bits per heavy atom. The van der Waals surface area contributed by atoms with E-state index >= 15 is 0 Å². The van der Waals surface area contributed by atoms with E-state index in [1.165, 1.54) is 0 Å². The molecule has 0 saturated heterocycles. The number of thioether (sulfide) groups is 1. The van der Waals surface area contributed by atoms with Crippen molar-refractivity contribution in [1.29, 1.82) is 0 Å². The zero-order chi connectivity index (χ0) is 12.5. The van der Waals surface area contributed by atoms with Gasteiger partial charge in [-0.2, -0.15) is 0 Å².